The number of carbonyl (C=O) groups is 1. The molecule has 5 aromatic heterocycles. The Morgan fingerprint density at radius 1 is 1.06 bits per heavy atom. The number of rotatable bonds is 5. The fourth-order valence-electron chi connectivity index (χ4n) is 4.64. The first-order chi connectivity index (χ1) is 17.5. The van der Waals surface area contributed by atoms with Crippen molar-refractivity contribution in [1.29, 1.82) is 0 Å². The summed E-state index contributed by atoms with van der Waals surface area (Å²) < 4.78 is 5.52. The van der Waals surface area contributed by atoms with Crippen LogP contribution in [-0.4, -0.2) is 39.8 Å². The Morgan fingerprint density at radius 3 is 2.72 bits per heavy atom. The number of pyridine rings is 2. The molecule has 0 aliphatic heterocycles. The van der Waals surface area contributed by atoms with Gasteiger partial charge >= 0.3 is 0 Å². The molecule has 0 bridgehead atoms. The van der Waals surface area contributed by atoms with Crippen molar-refractivity contribution in [1.82, 2.24) is 33.9 Å². The first kappa shape index (κ1) is 21.7. The van der Waals surface area contributed by atoms with Crippen LogP contribution in [0.2, 0.25) is 0 Å². The van der Waals surface area contributed by atoms with Gasteiger partial charge in [-0.2, -0.15) is 10.2 Å². The lowest BCUT2D eigenvalue weighted by atomic mass is 10.1. The summed E-state index contributed by atoms with van der Waals surface area (Å²) in [5.74, 6) is -0.240. The predicted octanol–water partition coefficient (Wildman–Crippen LogP) is 4.40. The molecule has 0 radical (unpaired) electrons. The second kappa shape index (κ2) is 8.46. The first-order valence-corrected chi connectivity index (χ1v) is 11.6. The normalized spacial score (nSPS) is 11.4. The number of amides is 1. The second-order valence-electron chi connectivity index (χ2n) is 8.79. The average Bonchev–Trinajstić information content (AvgIpc) is 3.56. The highest BCUT2D eigenvalue weighted by Crippen LogP contribution is 2.28. The number of nitrogens with one attached hydrogen (secondary N) is 1. The van der Waals surface area contributed by atoms with E-state index >= 15 is 0 Å². The van der Waals surface area contributed by atoms with Crippen molar-refractivity contribution >= 4 is 28.1 Å². The minimum Gasteiger partial charge on any atom is -0.320 e. The number of anilines is 1. The van der Waals surface area contributed by atoms with Crippen LogP contribution in [-0.2, 0) is 13.6 Å². The summed E-state index contributed by atoms with van der Waals surface area (Å²) in [7, 11) is 1.89. The van der Waals surface area contributed by atoms with E-state index in [1.54, 1.807) is 21.5 Å². The lowest BCUT2D eigenvalue weighted by molar-refractivity contribution is 0.102. The minimum absolute atomic E-state index is 0.240. The number of fused-ring (bicyclic) bond motifs is 2. The molecule has 1 N–H and O–H groups in total. The topological polar surface area (TPSA) is 94.9 Å². The molecule has 9 heteroatoms. The lowest BCUT2D eigenvalue weighted by Crippen LogP contribution is -2.14. The summed E-state index contributed by atoms with van der Waals surface area (Å²) in [6.45, 7) is 4.48. The molecular formula is C27H24N8O. The summed E-state index contributed by atoms with van der Waals surface area (Å²) in [5.41, 5.74) is 7.49. The first-order valence-electron chi connectivity index (χ1n) is 11.6. The Labute approximate surface area is 207 Å². The van der Waals surface area contributed by atoms with Gasteiger partial charge in [-0.05, 0) is 56.3 Å². The molecule has 6 aromatic rings. The van der Waals surface area contributed by atoms with Gasteiger partial charge < -0.3 is 5.32 Å². The number of nitrogens with zero attached hydrogens (tertiary/aromatic N) is 7. The molecular weight excluding hydrogens is 452 g/mol. The predicted molar refractivity (Wildman–Crippen MR) is 138 cm³/mol. The summed E-state index contributed by atoms with van der Waals surface area (Å²) in [5, 5.41) is 12.9. The van der Waals surface area contributed by atoms with Gasteiger partial charge in [0.25, 0.3) is 5.91 Å². The number of hydrogen-bond acceptors (Lipinski definition) is 5. The van der Waals surface area contributed by atoms with Crippen LogP contribution >= 0.6 is 0 Å². The largest absolute Gasteiger partial charge is 0.320 e. The average molecular weight is 477 g/mol. The minimum atomic E-state index is -0.240. The number of aromatic nitrogens is 7. The third-order valence-corrected chi connectivity index (χ3v) is 6.32. The maximum atomic E-state index is 13.3. The second-order valence-corrected chi connectivity index (χ2v) is 8.79. The molecule has 1 aromatic carbocycles. The number of benzene rings is 1. The van der Waals surface area contributed by atoms with Gasteiger partial charge in [0.15, 0.2) is 0 Å². The van der Waals surface area contributed by atoms with Crippen LogP contribution in [0, 0.1) is 13.8 Å². The molecule has 0 saturated carbocycles. The Bertz CT molecular complexity index is 1760. The Morgan fingerprint density at radius 2 is 1.92 bits per heavy atom. The fourth-order valence-corrected chi connectivity index (χ4v) is 4.64. The van der Waals surface area contributed by atoms with Crippen molar-refractivity contribution < 1.29 is 4.79 Å². The standard InChI is InChI=1S/C27H24N8O/c1-17-6-4-7-20(30-17)16-35-23-9-5-8-21(26(23)18(2)32-35)31-27(36)24-15-28-25-14-19(11-13-34(24)25)22-10-12-29-33(22)3/h4-15H,16H2,1-3H3,(H,31,36). The van der Waals surface area contributed by atoms with Gasteiger partial charge in [-0.15, -0.1) is 0 Å². The molecule has 0 aliphatic carbocycles. The van der Waals surface area contributed by atoms with E-state index in [0.29, 0.717) is 23.6 Å². The van der Waals surface area contributed by atoms with Gasteiger partial charge in [0, 0.05) is 36.1 Å². The zero-order valence-electron chi connectivity index (χ0n) is 20.2. The number of imidazole rings is 1. The number of aryl methyl sites for hydroxylation is 3. The van der Waals surface area contributed by atoms with Gasteiger partial charge in [0.05, 0.1) is 41.0 Å². The lowest BCUT2D eigenvalue weighted by Gasteiger charge is -2.09. The smallest absolute Gasteiger partial charge is 0.274 e. The van der Waals surface area contributed by atoms with Gasteiger partial charge in [-0.3, -0.25) is 23.5 Å². The van der Waals surface area contributed by atoms with E-state index in [2.05, 4.69) is 20.4 Å². The van der Waals surface area contributed by atoms with Gasteiger partial charge in [0.2, 0.25) is 0 Å². The van der Waals surface area contributed by atoms with Crippen LogP contribution in [0.4, 0.5) is 5.69 Å². The van der Waals surface area contributed by atoms with Crippen LogP contribution in [0.5, 0.6) is 0 Å². The molecule has 9 nitrogen and oxygen atoms in total. The van der Waals surface area contributed by atoms with E-state index in [-0.39, 0.29) is 5.91 Å². The fraction of sp³-hybridized carbons (Fsp3) is 0.148. The van der Waals surface area contributed by atoms with Gasteiger partial charge in [0.1, 0.15) is 11.3 Å². The van der Waals surface area contributed by atoms with E-state index in [1.165, 1.54) is 0 Å². The molecule has 0 saturated heterocycles. The zero-order valence-corrected chi connectivity index (χ0v) is 20.2. The highest BCUT2D eigenvalue weighted by atomic mass is 16.2. The van der Waals surface area contributed by atoms with Crippen LogP contribution in [0.15, 0.2) is 73.2 Å². The van der Waals surface area contributed by atoms with E-state index < -0.39 is 0 Å². The Hall–Kier alpha value is -4.79. The van der Waals surface area contributed by atoms with Crippen molar-refractivity contribution in [2.24, 2.45) is 7.05 Å². The third-order valence-electron chi connectivity index (χ3n) is 6.32. The highest BCUT2D eigenvalue weighted by molar-refractivity contribution is 6.08. The van der Waals surface area contributed by atoms with Gasteiger partial charge in [-0.25, -0.2) is 4.98 Å². The van der Waals surface area contributed by atoms with E-state index in [4.69, 9.17) is 5.10 Å². The molecule has 1 amide bonds. The number of hydrogen-bond donors (Lipinski definition) is 1. The van der Waals surface area contributed by atoms with Gasteiger partial charge in [-0.1, -0.05) is 12.1 Å². The SMILES string of the molecule is Cc1cccc(Cn2nc(C)c3c(NC(=O)c4cnc5cc(-c6ccnn6C)ccn45)cccc32)n1. The highest BCUT2D eigenvalue weighted by Gasteiger charge is 2.17. The molecule has 5 heterocycles. The summed E-state index contributed by atoms with van der Waals surface area (Å²) in [4.78, 5) is 22.4. The van der Waals surface area contributed by atoms with E-state index in [0.717, 1.165) is 39.2 Å². The van der Waals surface area contributed by atoms with Crippen molar-refractivity contribution in [3.8, 4) is 11.3 Å². The monoisotopic (exact) mass is 476 g/mol. The van der Waals surface area contributed by atoms with Crippen molar-refractivity contribution in [2.45, 2.75) is 20.4 Å². The third kappa shape index (κ3) is 3.70. The molecule has 0 spiro atoms. The quantitative estimate of drug-likeness (QED) is 0.398. The molecule has 0 aliphatic rings. The van der Waals surface area contributed by atoms with Crippen LogP contribution in [0.1, 0.15) is 27.6 Å². The summed E-state index contributed by atoms with van der Waals surface area (Å²) in [6, 6.07) is 17.6. The molecule has 178 valence electrons. The molecule has 0 atom stereocenters. The molecule has 6 rings (SSSR count). The molecule has 0 fully saturated rings. The summed E-state index contributed by atoms with van der Waals surface area (Å²) >= 11 is 0. The van der Waals surface area contributed by atoms with Crippen molar-refractivity contribution in [2.75, 3.05) is 5.32 Å². The van der Waals surface area contributed by atoms with E-state index in [9.17, 15) is 4.79 Å². The van der Waals surface area contributed by atoms with Crippen LogP contribution < -0.4 is 5.32 Å². The molecule has 0 unspecified atom stereocenters. The van der Waals surface area contributed by atoms with E-state index in [1.807, 2.05) is 86.4 Å². The van der Waals surface area contributed by atoms with Crippen molar-refractivity contribution in [3.63, 3.8) is 0 Å². The maximum absolute atomic E-state index is 13.3. The zero-order chi connectivity index (χ0) is 24.8. The van der Waals surface area contributed by atoms with Crippen LogP contribution in [0.25, 0.3) is 27.8 Å². The molecule has 36 heavy (non-hydrogen) atoms. The number of carbonyl (C=O) groups excluding carboxylic acids is 1. The maximum Gasteiger partial charge on any atom is 0.274 e. The van der Waals surface area contributed by atoms with Crippen molar-refractivity contribution in [3.05, 3.63) is 96.0 Å². The Balaban J connectivity index is 1.32. The Kier molecular flexibility index (Phi) is 5.10. The summed E-state index contributed by atoms with van der Waals surface area (Å²) in [6.07, 6.45) is 5.21. The van der Waals surface area contributed by atoms with Crippen LogP contribution in [0.3, 0.4) is 0 Å².